The van der Waals surface area contributed by atoms with Crippen LogP contribution in [-0.2, 0) is 13.5 Å². The van der Waals surface area contributed by atoms with Crippen LogP contribution in [0.2, 0.25) is 0 Å². The van der Waals surface area contributed by atoms with Crippen molar-refractivity contribution in [3.63, 3.8) is 0 Å². The molecule has 0 aliphatic rings. The van der Waals surface area contributed by atoms with Gasteiger partial charge in [0.1, 0.15) is 0 Å². The van der Waals surface area contributed by atoms with Gasteiger partial charge in [-0.3, -0.25) is 8.96 Å². The summed E-state index contributed by atoms with van der Waals surface area (Å²) in [6.07, 6.45) is 20.2. The van der Waals surface area contributed by atoms with Gasteiger partial charge in [0, 0.05) is 0 Å². The number of hydrogen-bond donors (Lipinski definition) is 3. The fourth-order valence-corrected chi connectivity index (χ4v) is 3.64. The molecule has 0 spiro atoms. The van der Waals surface area contributed by atoms with Crippen molar-refractivity contribution < 1.29 is 28.5 Å². The molecule has 1 atom stereocenters. The Hall–Kier alpha value is 0.0949. The van der Waals surface area contributed by atoms with Gasteiger partial charge in [-0.1, -0.05) is 103 Å². The number of unbranched alkanes of at least 4 members (excludes halogenated alkanes) is 15. The normalized spacial score (nSPS) is 13.7. The number of phosphoric ester groups is 1. The average Bonchev–Trinajstić information content (AvgIpc) is 2.56. The Morgan fingerprint density at radius 3 is 1.38 bits per heavy atom. The smallest absolute Gasteiger partial charge is 0.401 e. The summed E-state index contributed by atoms with van der Waals surface area (Å²) in [5, 5.41) is 16.9. The molecule has 0 heterocycles. The largest absolute Gasteiger partial charge is 0.642 e. The minimum atomic E-state index is -4.34. The molecular weight excluding hydrogens is 354 g/mol. The van der Waals surface area contributed by atoms with Gasteiger partial charge in [-0.05, 0) is 6.42 Å². The van der Waals surface area contributed by atoms with E-state index >= 15 is 0 Å². The highest BCUT2D eigenvalue weighted by molar-refractivity contribution is 7.48. The van der Waals surface area contributed by atoms with Crippen LogP contribution in [0.3, 0.4) is 0 Å². The Morgan fingerprint density at radius 1 is 0.692 bits per heavy atom. The summed E-state index contributed by atoms with van der Waals surface area (Å²) in [5.74, 6) is 0. The lowest BCUT2D eigenvalue weighted by Gasteiger charge is -2.11. The van der Waals surface area contributed by atoms with Gasteiger partial charge in [-0.15, -0.1) is 0 Å². The fourth-order valence-electron chi connectivity index (χ4n) is 2.98. The van der Waals surface area contributed by atoms with Gasteiger partial charge in [-0.2, -0.15) is 0 Å². The van der Waals surface area contributed by atoms with Crippen molar-refractivity contribution in [2.24, 2.45) is 0 Å². The van der Waals surface area contributed by atoms with Crippen LogP contribution in [0, 0.1) is 0 Å². The standard InChI is InChI=1S/C18H40BO6P/c1-2-3-4-5-6-7-8-9-10-11-12-13-14-15-16-17-18-24-26(22,23)25-19(20)21/h20-21H,2-18H2,1H3,(H,22,23). The lowest BCUT2D eigenvalue weighted by molar-refractivity contribution is 0.170. The fraction of sp³-hybridized carbons (Fsp3) is 1.00. The molecule has 26 heavy (non-hydrogen) atoms. The van der Waals surface area contributed by atoms with E-state index in [2.05, 4.69) is 15.9 Å². The maximum atomic E-state index is 11.2. The molecule has 8 heteroatoms. The maximum absolute atomic E-state index is 11.2. The van der Waals surface area contributed by atoms with E-state index in [0.29, 0.717) is 6.42 Å². The first kappa shape index (κ1) is 26.1. The molecule has 156 valence electrons. The van der Waals surface area contributed by atoms with Gasteiger partial charge in [0.05, 0.1) is 6.61 Å². The summed E-state index contributed by atoms with van der Waals surface area (Å²) >= 11 is 0. The Balaban J connectivity index is 3.17. The highest BCUT2D eigenvalue weighted by Gasteiger charge is 2.27. The highest BCUT2D eigenvalue weighted by atomic mass is 31.2. The van der Waals surface area contributed by atoms with Crippen molar-refractivity contribution in [1.82, 2.24) is 0 Å². The van der Waals surface area contributed by atoms with Crippen LogP contribution >= 0.6 is 7.82 Å². The van der Waals surface area contributed by atoms with Crippen molar-refractivity contribution in [2.75, 3.05) is 6.61 Å². The van der Waals surface area contributed by atoms with Gasteiger partial charge in [-0.25, -0.2) is 4.57 Å². The quantitative estimate of drug-likeness (QED) is 0.146. The lowest BCUT2D eigenvalue weighted by Crippen LogP contribution is -2.15. The second-order valence-corrected chi connectivity index (χ2v) is 8.44. The van der Waals surface area contributed by atoms with Crippen molar-refractivity contribution in [3.05, 3.63) is 0 Å². The first-order chi connectivity index (χ1) is 12.5. The third-order valence-corrected chi connectivity index (χ3v) is 5.44. The summed E-state index contributed by atoms with van der Waals surface area (Å²) in [4.78, 5) is 9.10. The van der Waals surface area contributed by atoms with E-state index in [1.807, 2.05) is 0 Å². The third kappa shape index (κ3) is 20.4. The Morgan fingerprint density at radius 2 is 1.04 bits per heavy atom. The average molecular weight is 394 g/mol. The molecule has 0 saturated heterocycles. The monoisotopic (exact) mass is 394 g/mol. The molecule has 1 unspecified atom stereocenters. The minimum absolute atomic E-state index is 0.0823. The van der Waals surface area contributed by atoms with E-state index in [1.165, 1.54) is 83.5 Å². The molecule has 0 bridgehead atoms. The predicted octanol–water partition coefficient (Wildman–Crippen LogP) is 5.35. The zero-order valence-corrected chi connectivity index (χ0v) is 17.5. The highest BCUT2D eigenvalue weighted by Crippen LogP contribution is 2.43. The van der Waals surface area contributed by atoms with Gasteiger partial charge < -0.3 is 14.9 Å². The number of hydrogen-bond acceptors (Lipinski definition) is 5. The van der Waals surface area contributed by atoms with E-state index in [9.17, 15) is 4.57 Å². The summed E-state index contributed by atoms with van der Waals surface area (Å²) in [6, 6.07) is 0. The zero-order chi connectivity index (χ0) is 19.5. The van der Waals surface area contributed by atoms with E-state index < -0.39 is 15.1 Å². The minimum Gasteiger partial charge on any atom is -0.401 e. The van der Waals surface area contributed by atoms with Gasteiger partial charge in [0.2, 0.25) is 0 Å². The molecular formula is C18H40BO6P. The molecule has 0 amide bonds. The SMILES string of the molecule is CCCCCCCCCCCCCCCCCCOP(=O)(O)OB(O)O. The Kier molecular flexibility index (Phi) is 18.5. The second-order valence-electron chi connectivity index (χ2n) is 7.04. The van der Waals surface area contributed by atoms with E-state index in [1.54, 1.807) is 0 Å². The van der Waals surface area contributed by atoms with Crippen LogP contribution in [0.4, 0.5) is 0 Å². The predicted molar refractivity (Wildman–Crippen MR) is 107 cm³/mol. The molecule has 0 aromatic rings. The molecule has 0 aliphatic heterocycles. The number of phosphoric acid groups is 1. The van der Waals surface area contributed by atoms with Crippen LogP contribution < -0.4 is 0 Å². The van der Waals surface area contributed by atoms with E-state index in [0.717, 1.165) is 12.8 Å². The molecule has 3 N–H and O–H groups in total. The second kappa shape index (κ2) is 18.5. The maximum Gasteiger partial charge on any atom is 0.642 e. The number of rotatable bonds is 20. The van der Waals surface area contributed by atoms with Crippen LogP contribution in [0.25, 0.3) is 0 Å². The summed E-state index contributed by atoms with van der Waals surface area (Å²) in [7, 11) is -6.63. The summed E-state index contributed by atoms with van der Waals surface area (Å²) in [6.45, 7) is 2.34. The topological polar surface area (TPSA) is 96.2 Å². The molecule has 0 aromatic carbocycles. The molecule has 0 aliphatic carbocycles. The lowest BCUT2D eigenvalue weighted by atomic mass is 10.0. The third-order valence-electron chi connectivity index (χ3n) is 4.48. The first-order valence-electron chi connectivity index (χ1n) is 10.5. The Bertz CT molecular complexity index is 344. The van der Waals surface area contributed by atoms with Crippen molar-refractivity contribution >= 4 is 15.1 Å². The van der Waals surface area contributed by atoms with Crippen molar-refractivity contribution in [3.8, 4) is 0 Å². The van der Waals surface area contributed by atoms with Crippen LogP contribution in [-0.4, -0.2) is 28.9 Å². The molecule has 0 rings (SSSR count). The molecule has 0 radical (unpaired) electrons. The molecule has 0 fully saturated rings. The molecule has 0 saturated carbocycles. The summed E-state index contributed by atoms with van der Waals surface area (Å²) in [5.41, 5.74) is 0. The summed E-state index contributed by atoms with van der Waals surface area (Å²) < 4.78 is 19.8. The van der Waals surface area contributed by atoms with Crippen LogP contribution in [0.15, 0.2) is 0 Å². The van der Waals surface area contributed by atoms with Gasteiger partial charge in [0.25, 0.3) is 0 Å². The van der Waals surface area contributed by atoms with Crippen molar-refractivity contribution in [2.45, 2.75) is 110 Å². The van der Waals surface area contributed by atoms with Crippen LogP contribution in [0.5, 0.6) is 0 Å². The van der Waals surface area contributed by atoms with E-state index in [4.69, 9.17) is 14.9 Å². The zero-order valence-electron chi connectivity index (χ0n) is 16.6. The molecule has 6 nitrogen and oxygen atoms in total. The van der Waals surface area contributed by atoms with Gasteiger partial charge in [0.15, 0.2) is 0 Å². The van der Waals surface area contributed by atoms with Crippen molar-refractivity contribution in [1.29, 1.82) is 0 Å². The molecule has 0 aromatic heterocycles. The first-order valence-corrected chi connectivity index (χ1v) is 12.0. The van der Waals surface area contributed by atoms with Gasteiger partial charge >= 0.3 is 15.1 Å². The van der Waals surface area contributed by atoms with Crippen LogP contribution in [0.1, 0.15) is 110 Å². The Labute approximate surface area is 160 Å². The van der Waals surface area contributed by atoms with E-state index in [-0.39, 0.29) is 6.61 Å².